The van der Waals surface area contributed by atoms with Gasteiger partial charge in [0.2, 0.25) is 0 Å². The van der Waals surface area contributed by atoms with Gasteiger partial charge in [-0.25, -0.2) is 0 Å². The first kappa shape index (κ1) is 11.9. The molecule has 0 aliphatic heterocycles. The van der Waals surface area contributed by atoms with Gasteiger partial charge in [0, 0.05) is 23.6 Å². The highest BCUT2D eigenvalue weighted by molar-refractivity contribution is 6.30. The van der Waals surface area contributed by atoms with Gasteiger partial charge in [-0.3, -0.25) is 0 Å². The van der Waals surface area contributed by atoms with Crippen molar-refractivity contribution in [1.82, 2.24) is 0 Å². The minimum atomic E-state index is 0.426. The lowest BCUT2D eigenvalue weighted by Crippen LogP contribution is -2.03. The quantitative estimate of drug-likeness (QED) is 0.629. The van der Waals surface area contributed by atoms with Crippen molar-refractivity contribution in [1.29, 1.82) is 0 Å². The largest absolute Gasteiger partial charge is 0.492 e. The summed E-state index contributed by atoms with van der Waals surface area (Å²) in [7, 11) is 0. The second kappa shape index (κ2) is 6.34. The van der Waals surface area contributed by atoms with E-state index in [0.717, 1.165) is 17.7 Å². The summed E-state index contributed by atoms with van der Waals surface area (Å²) in [6.45, 7) is 2.82. The Balaban J connectivity index is 2.62. The lowest BCUT2D eigenvalue weighted by Gasteiger charge is -2.09. The lowest BCUT2D eigenvalue weighted by molar-refractivity contribution is 0.324. The summed E-state index contributed by atoms with van der Waals surface area (Å²) < 4.78 is 5.54. The molecule has 0 amide bonds. The molecule has 0 unspecified atom stereocenters. The van der Waals surface area contributed by atoms with E-state index in [-0.39, 0.29) is 0 Å². The van der Waals surface area contributed by atoms with Crippen LogP contribution in [0.15, 0.2) is 18.2 Å². The molecule has 15 heavy (non-hydrogen) atoms. The van der Waals surface area contributed by atoms with Crippen LogP contribution in [0.2, 0.25) is 5.02 Å². The zero-order valence-electron chi connectivity index (χ0n) is 8.72. The van der Waals surface area contributed by atoms with Crippen LogP contribution < -0.4 is 10.5 Å². The van der Waals surface area contributed by atoms with Gasteiger partial charge in [0.25, 0.3) is 0 Å². The van der Waals surface area contributed by atoms with Gasteiger partial charge >= 0.3 is 0 Å². The summed E-state index contributed by atoms with van der Waals surface area (Å²) in [5, 5.41) is 0.677. The van der Waals surface area contributed by atoms with Crippen LogP contribution in [-0.4, -0.2) is 6.61 Å². The Bertz CT molecular complexity index is 379. The third kappa shape index (κ3) is 3.83. The number of rotatable bonds is 4. The Morgan fingerprint density at radius 2 is 2.27 bits per heavy atom. The number of benzene rings is 1. The highest BCUT2D eigenvalue weighted by atomic mass is 35.5. The molecule has 0 saturated heterocycles. The highest BCUT2D eigenvalue weighted by Crippen LogP contribution is 2.22. The van der Waals surface area contributed by atoms with Gasteiger partial charge in [-0.1, -0.05) is 11.6 Å². The van der Waals surface area contributed by atoms with E-state index in [1.165, 1.54) is 0 Å². The van der Waals surface area contributed by atoms with Crippen molar-refractivity contribution in [2.24, 2.45) is 5.73 Å². The highest BCUT2D eigenvalue weighted by Gasteiger charge is 2.02. The summed E-state index contributed by atoms with van der Waals surface area (Å²) in [5.41, 5.74) is 6.51. The molecule has 0 aliphatic rings. The van der Waals surface area contributed by atoms with Crippen molar-refractivity contribution in [2.75, 3.05) is 6.61 Å². The molecule has 0 saturated carbocycles. The predicted molar refractivity (Wildman–Crippen MR) is 62.9 cm³/mol. The number of halogens is 1. The van der Waals surface area contributed by atoms with E-state index >= 15 is 0 Å². The van der Waals surface area contributed by atoms with E-state index in [2.05, 4.69) is 11.8 Å². The number of nitrogens with two attached hydrogens (primary N) is 1. The monoisotopic (exact) mass is 223 g/mol. The van der Waals surface area contributed by atoms with E-state index in [4.69, 9.17) is 22.1 Å². The van der Waals surface area contributed by atoms with E-state index in [1.807, 2.05) is 19.1 Å². The standard InChI is InChI=1S/C12H14ClNO/c1-2-3-4-7-15-12-6-5-11(13)8-10(12)9-14/h5-6,8H,4,7,9,14H2,1H3. The third-order valence-electron chi connectivity index (χ3n) is 1.90. The summed E-state index contributed by atoms with van der Waals surface area (Å²) in [6, 6.07) is 5.45. The molecule has 0 bridgehead atoms. The maximum atomic E-state index is 5.85. The van der Waals surface area contributed by atoms with Gasteiger partial charge < -0.3 is 10.5 Å². The molecule has 3 heteroatoms. The van der Waals surface area contributed by atoms with Crippen molar-refractivity contribution in [3.8, 4) is 17.6 Å². The number of hydrogen-bond acceptors (Lipinski definition) is 2. The number of hydrogen-bond donors (Lipinski definition) is 1. The molecule has 1 rings (SSSR count). The molecule has 80 valence electrons. The second-order valence-corrected chi connectivity index (χ2v) is 3.42. The fourth-order valence-electron chi connectivity index (χ4n) is 1.19. The maximum Gasteiger partial charge on any atom is 0.123 e. The van der Waals surface area contributed by atoms with E-state index in [1.54, 1.807) is 6.07 Å². The summed E-state index contributed by atoms with van der Waals surface area (Å²) in [5.74, 6) is 6.54. The smallest absolute Gasteiger partial charge is 0.123 e. The SMILES string of the molecule is CC#CCCOc1ccc(Cl)cc1CN. The molecule has 0 radical (unpaired) electrons. The normalized spacial score (nSPS) is 9.27. The molecule has 0 atom stereocenters. The fraction of sp³-hybridized carbons (Fsp3) is 0.333. The molecular formula is C12H14ClNO. The summed E-state index contributed by atoms with van der Waals surface area (Å²) >= 11 is 5.85. The van der Waals surface area contributed by atoms with E-state index in [0.29, 0.717) is 18.2 Å². The van der Waals surface area contributed by atoms with Gasteiger partial charge in [-0.15, -0.1) is 11.8 Å². The molecule has 0 heterocycles. The lowest BCUT2D eigenvalue weighted by atomic mass is 10.2. The van der Waals surface area contributed by atoms with Crippen molar-refractivity contribution in [2.45, 2.75) is 19.9 Å². The van der Waals surface area contributed by atoms with Crippen LogP contribution in [-0.2, 0) is 6.54 Å². The first-order chi connectivity index (χ1) is 7.27. The van der Waals surface area contributed by atoms with Crippen molar-refractivity contribution in [3.63, 3.8) is 0 Å². The van der Waals surface area contributed by atoms with Gasteiger partial charge in [0.05, 0.1) is 6.61 Å². The molecule has 2 N–H and O–H groups in total. The Kier molecular flexibility index (Phi) is 5.03. The molecule has 0 aromatic heterocycles. The topological polar surface area (TPSA) is 35.2 Å². The Morgan fingerprint density at radius 1 is 1.47 bits per heavy atom. The summed E-state index contributed by atoms with van der Waals surface area (Å²) in [6.07, 6.45) is 0.725. The average molecular weight is 224 g/mol. The molecule has 0 fully saturated rings. The molecular weight excluding hydrogens is 210 g/mol. The Morgan fingerprint density at radius 3 is 2.93 bits per heavy atom. The van der Waals surface area contributed by atoms with Gasteiger partial charge in [-0.05, 0) is 25.1 Å². The van der Waals surface area contributed by atoms with Crippen LogP contribution in [0.1, 0.15) is 18.9 Å². The van der Waals surface area contributed by atoms with Gasteiger partial charge in [-0.2, -0.15) is 0 Å². The van der Waals surface area contributed by atoms with Crippen molar-refractivity contribution >= 4 is 11.6 Å². The van der Waals surface area contributed by atoms with Crippen LogP contribution in [0.5, 0.6) is 5.75 Å². The van der Waals surface area contributed by atoms with Crippen LogP contribution in [0.3, 0.4) is 0 Å². The van der Waals surface area contributed by atoms with Crippen molar-refractivity contribution < 1.29 is 4.74 Å². The van der Waals surface area contributed by atoms with Crippen LogP contribution in [0, 0.1) is 11.8 Å². The van der Waals surface area contributed by atoms with E-state index in [9.17, 15) is 0 Å². The minimum Gasteiger partial charge on any atom is -0.492 e. The molecule has 1 aromatic rings. The molecule has 0 aliphatic carbocycles. The van der Waals surface area contributed by atoms with E-state index < -0.39 is 0 Å². The minimum absolute atomic E-state index is 0.426. The average Bonchev–Trinajstić information content (AvgIpc) is 2.26. The second-order valence-electron chi connectivity index (χ2n) is 2.98. The Labute approximate surface area is 95.4 Å². The summed E-state index contributed by atoms with van der Waals surface area (Å²) in [4.78, 5) is 0. The van der Waals surface area contributed by atoms with Gasteiger partial charge in [0.15, 0.2) is 0 Å². The fourth-order valence-corrected chi connectivity index (χ4v) is 1.38. The first-order valence-electron chi connectivity index (χ1n) is 4.79. The van der Waals surface area contributed by atoms with Crippen LogP contribution in [0.4, 0.5) is 0 Å². The molecule has 0 spiro atoms. The molecule has 2 nitrogen and oxygen atoms in total. The van der Waals surface area contributed by atoms with Crippen molar-refractivity contribution in [3.05, 3.63) is 28.8 Å². The van der Waals surface area contributed by atoms with Crippen LogP contribution in [0.25, 0.3) is 0 Å². The Hall–Kier alpha value is -1.17. The number of ether oxygens (including phenoxy) is 1. The first-order valence-corrected chi connectivity index (χ1v) is 5.16. The molecule has 1 aromatic carbocycles. The zero-order chi connectivity index (χ0) is 11.1. The predicted octanol–water partition coefficient (Wildman–Crippen LogP) is 2.59. The van der Waals surface area contributed by atoms with Gasteiger partial charge in [0.1, 0.15) is 5.75 Å². The van der Waals surface area contributed by atoms with Crippen LogP contribution >= 0.6 is 11.6 Å². The maximum absolute atomic E-state index is 5.85. The zero-order valence-corrected chi connectivity index (χ0v) is 9.47. The third-order valence-corrected chi connectivity index (χ3v) is 2.14.